The zero-order valence-electron chi connectivity index (χ0n) is 10.7. The summed E-state index contributed by atoms with van der Waals surface area (Å²) in [5.41, 5.74) is -1.59. The highest BCUT2D eigenvalue weighted by Crippen LogP contribution is 2.33. The maximum atomic E-state index is 13.1. The van der Waals surface area contributed by atoms with Crippen molar-refractivity contribution in [3.05, 3.63) is 42.2 Å². The van der Waals surface area contributed by atoms with Gasteiger partial charge in [0.05, 0.1) is 5.56 Å². The summed E-state index contributed by atoms with van der Waals surface area (Å²) in [4.78, 5) is 15.5. The van der Waals surface area contributed by atoms with E-state index in [9.17, 15) is 22.4 Å². The number of alkyl halides is 3. The Morgan fingerprint density at radius 2 is 2.10 bits per heavy atom. The lowest BCUT2D eigenvalue weighted by molar-refractivity contribution is -0.140. The van der Waals surface area contributed by atoms with Gasteiger partial charge in [0.1, 0.15) is 24.5 Å². The highest BCUT2D eigenvalue weighted by molar-refractivity contribution is 5.93. The Morgan fingerprint density at radius 1 is 1.38 bits per heavy atom. The van der Waals surface area contributed by atoms with Crippen LogP contribution in [0.5, 0.6) is 0 Å². The number of halogens is 4. The van der Waals surface area contributed by atoms with Crippen molar-refractivity contribution in [1.29, 1.82) is 0 Å². The Labute approximate surface area is 116 Å². The van der Waals surface area contributed by atoms with Crippen molar-refractivity contribution in [2.75, 3.05) is 5.32 Å². The van der Waals surface area contributed by atoms with Crippen LogP contribution in [-0.4, -0.2) is 20.7 Å². The SMILES string of the molecule is C[C@@H](C(=O)Nc1ccc(F)c(C(F)(F)F)c1)n1cncn1. The molecule has 1 amide bonds. The normalized spacial score (nSPS) is 13.0. The molecule has 1 N–H and O–H groups in total. The molecule has 1 aromatic carbocycles. The van der Waals surface area contributed by atoms with Crippen LogP contribution >= 0.6 is 0 Å². The third-order valence-electron chi connectivity index (χ3n) is 2.75. The molecule has 112 valence electrons. The van der Waals surface area contributed by atoms with Crippen LogP contribution in [0.3, 0.4) is 0 Å². The fraction of sp³-hybridized carbons (Fsp3) is 0.250. The van der Waals surface area contributed by atoms with Crippen molar-refractivity contribution in [3.63, 3.8) is 0 Å². The van der Waals surface area contributed by atoms with E-state index in [1.807, 2.05) is 0 Å². The predicted octanol–water partition coefficient (Wildman–Crippen LogP) is 2.64. The number of amides is 1. The smallest absolute Gasteiger partial charge is 0.324 e. The van der Waals surface area contributed by atoms with Gasteiger partial charge in [0.2, 0.25) is 5.91 Å². The Hall–Kier alpha value is -2.45. The Bertz CT molecular complexity index is 639. The maximum absolute atomic E-state index is 13.1. The zero-order valence-corrected chi connectivity index (χ0v) is 10.7. The highest BCUT2D eigenvalue weighted by Gasteiger charge is 2.34. The van der Waals surface area contributed by atoms with Crippen molar-refractivity contribution >= 4 is 11.6 Å². The van der Waals surface area contributed by atoms with Gasteiger partial charge < -0.3 is 5.32 Å². The van der Waals surface area contributed by atoms with Gasteiger partial charge in [-0.1, -0.05) is 0 Å². The lowest BCUT2D eigenvalue weighted by atomic mass is 10.1. The van der Waals surface area contributed by atoms with Crippen molar-refractivity contribution in [3.8, 4) is 0 Å². The van der Waals surface area contributed by atoms with E-state index in [1.54, 1.807) is 0 Å². The average Bonchev–Trinajstić information content (AvgIpc) is 2.92. The molecular formula is C12H10F4N4O. The molecule has 21 heavy (non-hydrogen) atoms. The monoisotopic (exact) mass is 302 g/mol. The molecule has 1 atom stereocenters. The third kappa shape index (κ3) is 3.36. The van der Waals surface area contributed by atoms with E-state index in [-0.39, 0.29) is 5.69 Å². The molecule has 1 aromatic heterocycles. The number of carbonyl (C=O) groups is 1. The van der Waals surface area contributed by atoms with Crippen LogP contribution in [0.25, 0.3) is 0 Å². The summed E-state index contributed by atoms with van der Waals surface area (Å²) in [5.74, 6) is -2.00. The molecule has 0 saturated carbocycles. The number of benzene rings is 1. The van der Waals surface area contributed by atoms with Gasteiger partial charge in [-0.15, -0.1) is 0 Å². The van der Waals surface area contributed by atoms with E-state index in [0.717, 1.165) is 6.07 Å². The second kappa shape index (κ2) is 5.51. The standard InChI is InChI=1S/C12H10F4N4O/c1-7(20-6-17-5-18-20)11(21)19-8-2-3-10(13)9(4-8)12(14,15)16/h2-7H,1H3,(H,19,21)/t7-/m0/s1. The number of nitrogens with zero attached hydrogens (tertiary/aromatic N) is 3. The lowest BCUT2D eigenvalue weighted by Gasteiger charge is -2.14. The van der Waals surface area contributed by atoms with Gasteiger partial charge in [0.25, 0.3) is 0 Å². The van der Waals surface area contributed by atoms with Crippen LogP contribution in [0.2, 0.25) is 0 Å². The second-order valence-electron chi connectivity index (χ2n) is 4.23. The Balaban J connectivity index is 2.18. The van der Waals surface area contributed by atoms with Crippen LogP contribution in [0.1, 0.15) is 18.5 Å². The molecule has 0 bridgehead atoms. The number of nitrogens with one attached hydrogen (secondary N) is 1. The quantitative estimate of drug-likeness (QED) is 0.887. The molecule has 0 spiro atoms. The number of carbonyl (C=O) groups excluding carboxylic acids is 1. The minimum absolute atomic E-state index is 0.152. The average molecular weight is 302 g/mol. The zero-order chi connectivity index (χ0) is 15.6. The first kappa shape index (κ1) is 14.9. The van der Waals surface area contributed by atoms with Gasteiger partial charge >= 0.3 is 6.18 Å². The third-order valence-corrected chi connectivity index (χ3v) is 2.75. The van der Waals surface area contributed by atoms with E-state index in [1.165, 1.54) is 24.3 Å². The molecule has 5 nitrogen and oxygen atoms in total. The van der Waals surface area contributed by atoms with Gasteiger partial charge in [0.15, 0.2) is 0 Å². The number of hydrogen-bond donors (Lipinski definition) is 1. The summed E-state index contributed by atoms with van der Waals surface area (Å²) in [6, 6.07) is 1.48. The summed E-state index contributed by atoms with van der Waals surface area (Å²) < 4.78 is 52.1. The van der Waals surface area contributed by atoms with E-state index in [0.29, 0.717) is 12.1 Å². The lowest BCUT2D eigenvalue weighted by Crippen LogP contribution is -2.24. The predicted molar refractivity (Wildman–Crippen MR) is 64.8 cm³/mol. The molecule has 2 aromatic rings. The fourth-order valence-corrected chi connectivity index (χ4v) is 1.60. The van der Waals surface area contributed by atoms with Crippen LogP contribution in [0, 0.1) is 5.82 Å². The fourth-order valence-electron chi connectivity index (χ4n) is 1.60. The number of aromatic nitrogens is 3. The molecule has 0 unspecified atom stereocenters. The summed E-state index contributed by atoms with van der Waals surface area (Å²) in [5, 5.41) is 6.03. The molecule has 0 fully saturated rings. The summed E-state index contributed by atoms with van der Waals surface area (Å²) in [6.07, 6.45) is -2.30. The van der Waals surface area contributed by atoms with Crippen molar-refractivity contribution in [1.82, 2.24) is 14.8 Å². The number of rotatable bonds is 3. The van der Waals surface area contributed by atoms with Gasteiger partial charge in [-0.05, 0) is 25.1 Å². The van der Waals surface area contributed by atoms with Crippen molar-refractivity contribution in [2.24, 2.45) is 0 Å². The van der Waals surface area contributed by atoms with Crippen molar-refractivity contribution < 1.29 is 22.4 Å². The second-order valence-corrected chi connectivity index (χ2v) is 4.23. The molecule has 0 aliphatic heterocycles. The van der Waals surface area contributed by atoms with Gasteiger partial charge in [-0.2, -0.15) is 18.3 Å². The van der Waals surface area contributed by atoms with E-state index < -0.39 is 29.5 Å². The van der Waals surface area contributed by atoms with Gasteiger partial charge in [-0.3, -0.25) is 4.79 Å². The molecule has 9 heteroatoms. The first-order chi connectivity index (χ1) is 9.79. The Morgan fingerprint density at radius 3 is 2.67 bits per heavy atom. The molecule has 0 radical (unpaired) electrons. The Kier molecular flexibility index (Phi) is 3.92. The largest absolute Gasteiger partial charge is 0.419 e. The van der Waals surface area contributed by atoms with Crippen LogP contribution in [-0.2, 0) is 11.0 Å². The highest BCUT2D eigenvalue weighted by atomic mass is 19.4. The number of hydrogen-bond acceptors (Lipinski definition) is 3. The molecule has 2 rings (SSSR count). The van der Waals surface area contributed by atoms with Crippen LogP contribution in [0.15, 0.2) is 30.9 Å². The number of anilines is 1. The van der Waals surface area contributed by atoms with E-state index in [2.05, 4.69) is 15.4 Å². The summed E-state index contributed by atoms with van der Waals surface area (Å²) in [7, 11) is 0. The topological polar surface area (TPSA) is 59.8 Å². The summed E-state index contributed by atoms with van der Waals surface area (Å²) >= 11 is 0. The molecule has 0 aliphatic rings. The minimum atomic E-state index is -4.83. The van der Waals surface area contributed by atoms with E-state index >= 15 is 0 Å². The van der Waals surface area contributed by atoms with Crippen LogP contribution < -0.4 is 5.32 Å². The summed E-state index contributed by atoms with van der Waals surface area (Å²) in [6.45, 7) is 1.50. The van der Waals surface area contributed by atoms with Gasteiger partial charge in [-0.25, -0.2) is 14.1 Å². The molecule has 0 saturated heterocycles. The van der Waals surface area contributed by atoms with Gasteiger partial charge in [0, 0.05) is 5.69 Å². The van der Waals surface area contributed by atoms with E-state index in [4.69, 9.17) is 0 Å². The molecule has 0 aliphatic carbocycles. The molecular weight excluding hydrogens is 292 g/mol. The first-order valence-electron chi connectivity index (χ1n) is 5.81. The minimum Gasteiger partial charge on any atom is -0.324 e. The first-order valence-corrected chi connectivity index (χ1v) is 5.81. The van der Waals surface area contributed by atoms with Crippen molar-refractivity contribution in [2.45, 2.75) is 19.1 Å². The van der Waals surface area contributed by atoms with Crippen LogP contribution in [0.4, 0.5) is 23.2 Å². The maximum Gasteiger partial charge on any atom is 0.419 e. The molecule has 1 heterocycles.